The molecule has 2 N–H and O–H groups in total. The van der Waals surface area contributed by atoms with Gasteiger partial charge in [-0.2, -0.15) is 0 Å². The molecule has 2 fully saturated rings. The van der Waals surface area contributed by atoms with Crippen molar-refractivity contribution in [3.05, 3.63) is 76.0 Å². The Hall–Kier alpha value is -2.71. The number of aliphatic hydroxyl groups is 2. The van der Waals surface area contributed by atoms with Crippen molar-refractivity contribution in [2.24, 2.45) is 33.6 Å². The lowest BCUT2D eigenvalue weighted by atomic mass is 9.40. The predicted molar refractivity (Wildman–Crippen MR) is 217 cm³/mol. The van der Waals surface area contributed by atoms with Crippen molar-refractivity contribution in [1.29, 1.82) is 0 Å². The van der Waals surface area contributed by atoms with Crippen molar-refractivity contribution in [3.63, 3.8) is 0 Å². The maximum absolute atomic E-state index is 14.9. The molecule has 53 heavy (non-hydrogen) atoms. The van der Waals surface area contributed by atoms with Crippen molar-refractivity contribution in [2.75, 3.05) is 5.75 Å². The summed E-state index contributed by atoms with van der Waals surface area (Å²) in [6.45, 7) is 26.4. The van der Waals surface area contributed by atoms with Gasteiger partial charge in [0.15, 0.2) is 5.78 Å². The van der Waals surface area contributed by atoms with Crippen molar-refractivity contribution in [3.8, 4) is 0 Å². The van der Waals surface area contributed by atoms with Gasteiger partial charge in [0.05, 0.1) is 45.6 Å². The number of aliphatic hydroxyl groups excluding tert-OH is 2. The standard InChI is InChI=1S/C46H58N2O4S/c1-23(2)36-39(51)34-33-27(30-21-42(5,6)52-43(7,8)35(30)38(33)50)20-28-29-19-26-14-15-31-44(9,17-12-13-24(3)41-47-25(4)22-53-41)32(49)16-18-45(31,10)46(26,11)40(29)48(36)37(28)34/h12-13,17,20-21,25-26,31-32,35-36,38,49-50H,1,14-16,18-19,22H2,2-11H3/b17-12+,24-13+/t25?,26?,31-,32-,35?,36-,38+,44-,45-,46+/m0/s1. The van der Waals surface area contributed by atoms with Crippen molar-refractivity contribution < 1.29 is 19.7 Å². The molecular weight excluding hydrogens is 677 g/mol. The fraction of sp³-hybridized carbons (Fsp3) is 0.609. The minimum absolute atomic E-state index is 0.0615. The molecule has 0 bridgehead atoms. The number of rotatable bonds is 4. The summed E-state index contributed by atoms with van der Waals surface area (Å²) in [5, 5.41) is 26.4. The maximum Gasteiger partial charge on any atom is 0.192 e. The van der Waals surface area contributed by atoms with E-state index in [9.17, 15) is 15.0 Å². The smallest absolute Gasteiger partial charge is 0.192 e. The van der Waals surface area contributed by atoms with E-state index in [0.29, 0.717) is 17.5 Å². The number of benzene rings is 1. The van der Waals surface area contributed by atoms with E-state index in [-0.39, 0.29) is 28.4 Å². The summed E-state index contributed by atoms with van der Waals surface area (Å²) in [7, 11) is 0. The number of allylic oxidation sites excluding steroid dienone is 3. The van der Waals surface area contributed by atoms with Crippen molar-refractivity contribution in [2.45, 2.75) is 142 Å². The van der Waals surface area contributed by atoms with Crippen LogP contribution in [0.3, 0.4) is 0 Å². The molecule has 10 atom stereocenters. The first-order valence-electron chi connectivity index (χ1n) is 20.1. The van der Waals surface area contributed by atoms with E-state index >= 15 is 0 Å². The fourth-order valence-corrected chi connectivity index (χ4v) is 14.3. The van der Waals surface area contributed by atoms with Crippen LogP contribution in [-0.4, -0.2) is 54.7 Å². The highest BCUT2D eigenvalue weighted by molar-refractivity contribution is 8.14. The molecule has 3 aliphatic heterocycles. The summed E-state index contributed by atoms with van der Waals surface area (Å²) in [5.74, 6) is 1.53. The van der Waals surface area contributed by atoms with Crippen LogP contribution in [0.4, 0.5) is 0 Å². The van der Waals surface area contributed by atoms with Gasteiger partial charge in [0, 0.05) is 39.1 Å². The average Bonchev–Trinajstić information content (AvgIpc) is 3.84. The lowest BCUT2D eigenvalue weighted by Crippen LogP contribution is -2.62. The monoisotopic (exact) mass is 734 g/mol. The van der Waals surface area contributed by atoms with Gasteiger partial charge in [0.25, 0.3) is 0 Å². The fourth-order valence-electron chi connectivity index (χ4n) is 13.3. The molecule has 1 aromatic heterocycles. The van der Waals surface area contributed by atoms with E-state index in [0.717, 1.165) is 70.7 Å². The zero-order valence-electron chi connectivity index (χ0n) is 33.4. The van der Waals surface area contributed by atoms with Crippen molar-refractivity contribution >= 4 is 39.1 Å². The average molecular weight is 735 g/mol. The number of aromatic nitrogens is 1. The molecule has 2 aromatic rings. The van der Waals surface area contributed by atoms with Crippen molar-refractivity contribution in [1.82, 2.24) is 4.57 Å². The summed E-state index contributed by atoms with van der Waals surface area (Å²) in [4.78, 5) is 19.8. The molecule has 282 valence electrons. The number of hydrogen-bond acceptors (Lipinski definition) is 6. The summed E-state index contributed by atoms with van der Waals surface area (Å²) in [6.07, 6.45) is 12.4. The Labute approximate surface area is 319 Å². The number of nitrogens with zero attached hydrogens (tertiary/aromatic N) is 2. The van der Waals surface area contributed by atoms with Crippen LogP contribution in [0, 0.1) is 28.6 Å². The van der Waals surface area contributed by atoms with Gasteiger partial charge in [-0.1, -0.05) is 51.2 Å². The third-order valence-electron chi connectivity index (χ3n) is 15.6. The Morgan fingerprint density at radius 1 is 1.09 bits per heavy atom. The van der Waals surface area contributed by atoms with Gasteiger partial charge >= 0.3 is 0 Å². The molecule has 0 radical (unpaired) electrons. The van der Waals surface area contributed by atoms with E-state index < -0.39 is 34.9 Å². The van der Waals surface area contributed by atoms with Crippen LogP contribution >= 0.6 is 11.8 Å². The van der Waals surface area contributed by atoms with Crippen LogP contribution in [0.2, 0.25) is 0 Å². The lowest BCUT2D eigenvalue weighted by Gasteiger charge is -2.64. The van der Waals surface area contributed by atoms with Crippen LogP contribution in [0.5, 0.6) is 0 Å². The first-order valence-corrected chi connectivity index (χ1v) is 21.1. The molecule has 2 saturated carbocycles. The Morgan fingerprint density at radius 2 is 1.83 bits per heavy atom. The van der Waals surface area contributed by atoms with E-state index in [1.165, 1.54) is 22.2 Å². The second-order valence-corrected chi connectivity index (χ2v) is 20.6. The van der Waals surface area contributed by atoms with Gasteiger partial charge in [-0.05, 0) is 132 Å². The van der Waals surface area contributed by atoms with E-state index in [2.05, 4.69) is 104 Å². The number of Topliss-reactive ketones (excluding diaryl/α,β-unsaturated/α-hetero) is 1. The highest BCUT2D eigenvalue weighted by atomic mass is 32.2. The van der Waals surface area contributed by atoms with Gasteiger partial charge in [-0.15, -0.1) is 11.8 Å². The largest absolute Gasteiger partial charge is 0.392 e. The van der Waals surface area contributed by atoms with Gasteiger partial charge in [0.2, 0.25) is 0 Å². The third-order valence-corrected chi connectivity index (χ3v) is 16.9. The Kier molecular flexibility index (Phi) is 7.60. The number of carbonyl (C=O) groups excluding carboxylic acids is 1. The molecule has 7 aliphatic rings. The normalized spacial score (nSPS) is 40.6. The number of hydrogen-bond donors (Lipinski definition) is 2. The van der Waals surface area contributed by atoms with Gasteiger partial charge < -0.3 is 19.5 Å². The van der Waals surface area contributed by atoms with Gasteiger partial charge in [0.1, 0.15) is 6.04 Å². The Balaban J connectivity index is 1.22. The van der Waals surface area contributed by atoms with Crippen LogP contribution in [0.25, 0.3) is 16.5 Å². The lowest BCUT2D eigenvalue weighted by molar-refractivity contribution is -0.144. The molecule has 4 heterocycles. The number of thioether (sulfide) groups is 1. The summed E-state index contributed by atoms with van der Waals surface area (Å²) < 4.78 is 8.96. The zero-order chi connectivity index (χ0) is 37.9. The molecule has 0 amide bonds. The minimum atomic E-state index is -0.833. The molecule has 4 aliphatic carbocycles. The Morgan fingerprint density at radius 3 is 2.51 bits per heavy atom. The number of ether oxygens (including phenoxy) is 1. The van der Waals surface area contributed by atoms with E-state index in [1.807, 2.05) is 18.7 Å². The maximum atomic E-state index is 14.9. The zero-order valence-corrected chi connectivity index (χ0v) is 34.2. The van der Waals surface area contributed by atoms with E-state index in [4.69, 9.17) is 9.73 Å². The molecule has 0 spiro atoms. The molecule has 6 nitrogen and oxygen atoms in total. The Bertz CT molecular complexity index is 2150. The van der Waals surface area contributed by atoms with Crippen LogP contribution in [0.1, 0.15) is 140 Å². The second kappa shape index (κ2) is 11.2. The third kappa shape index (κ3) is 4.51. The number of fused-ring (bicyclic) bond motifs is 11. The first kappa shape index (κ1) is 36.0. The number of ketones is 1. The quantitative estimate of drug-likeness (QED) is 0.242. The molecular formula is C46H58N2O4S. The predicted octanol–water partition coefficient (Wildman–Crippen LogP) is 9.63. The highest BCUT2D eigenvalue weighted by Gasteiger charge is 2.67. The van der Waals surface area contributed by atoms with Crippen LogP contribution < -0.4 is 0 Å². The molecule has 0 saturated heterocycles. The molecule has 9 rings (SSSR count). The highest BCUT2D eigenvalue weighted by Crippen LogP contribution is 2.71. The van der Waals surface area contributed by atoms with E-state index in [1.54, 1.807) is 0 Å². The van der Waals surface area contributed by atoms with Gasteiger partial charge in [-0.3, -0.25) is 9.79 Å². The van der Waals surface area contributed by atoms with Crippen LogP contribution in [-0.2, 0) is 16.6 Å². The SMILES string of the molecule is C=C(C)[C@H]1C(=O)c2c3c(cc4c5c(n1c24)[C@@]1(C)C(CC[C@H]2[C@](C)(/C=C/C=C(\C)C4=NC(C)CS4)[C@@H](O)CC[C@@]21C)C5)C1=CC(C)(C)OC(C)(C)C1[C@@H]3O. The summed E-state index contributed by atoms with van der Waals surface area (Å²) in [5.41, 5.74) is 7.46. The van der Waals surface area contributed by atoms with Crippen LogP contribution in [0.15, 0.2) is 53.1 Å². The summed E-state index contributed by atoms with van der Waals surface area (Å²) in [6, 6.07) is 2.20. The number of aliphatic imine (C=N–C) groups is 1. The topological polar surface area (TPSA) is 84.1 Å². The van der Waals surface area contributed by atoms with Gasteiger partial charge in [-0.25, -0.2) is 0 Å². The molecule has 1 aromatic carbocycles. The summed E-state index contributed by atoms with van der Waals surface area (Å²) >= 11 is 1.83. The second-order valence-electron chi connectivity index (χ2n) is 19.6. The first-order chi connectivity index (χ1) is 24.8. The molecule has 3 unspecified atom stereocenters. The molecule has 7 heteroatoms. The number of carbonyl (C=O) groups is 1. The minimum Gasteiger partial charge on any atom is -0.392 e.